The summed E-state index contributed by atoms with van der Waals surface area (Å²) in [5.74, 6) is 0.158. The first-order valence-electron chi connectivity index (χ1n) is 12.0. The summed E-state index contributed by atoms with van der Waals surface area (Å²) in [5.41, 5.74) is 2.81. The summed E-state index contributed by atoms with van der Waals surface area (Å²) in [6, 6.07) is 10.5. The van der Waals surface area contributed by atoms with Gasteiger partial charge in [-0.3, -0.25) is 4.79 Å². The van der Waals surface area contributed by atoms with Crippen LogP contribution in [0.15, 0.2) is 45.8 Å². The van der Waals surface area contributed by atoms with Gasteiger partial charge in [-0.2, -0.15) is 0 Å². The van der Waals surface area contributed by atoms with E-state index >= 15 is 0 Å². The Morgan fingerprint density at radius 3 is 2.71 bits per heavy atom. The molecule has 2 aliphatic rings. The zero-order chi connectivity index (χ0) is 23.5. The molecule has 0 radical (unpaired) electrons. The summed E-state index contributed by atoms with van der Waals surface area (Å²) in [7, 11) is 0. The molecule has 5 rings (SSSR count). The number of fused-ring (bicyclic) bond motifs is 1. The molecule has 1 saturated carbocycles. The summed E-state index contributed by atoms with van der Waals surface area (Å²) in [5, 5.41) is 13.2. The maximum atomic E-state index is 13.3. The van der Waals surface area contributed by atoms with Crippen LogP contribution in [0.4, 0.5) is 5.00 Å². The maximum Gasteiger partial charge on any atom is 0.335 e. The van der Waals surface area contributed by atoms with Gasteiger partial charge in [-0.15, -0.1) is 11.3 Å². The summed E-state index contributed by atoms with van der Waals surface area (Å²) in [6.45, 7) is 0. The topological polar surface area (TPSA) is 91.9 Å². The third-order valence-corrected chi connectivity index (χ3v) is 7.85. The summed E-state index contributed by atoms with van der Waals surface area (Å²) in [4.78, 5) is 30.5. The van der Waals surface area contributed by atoms with Gasteiger partial charge in [-0.1, -0.05) is 31.4 Å². The van der Waals surface area contributed by atoms with Gasteiger partial charge in [0.15, 0.2) is 0 Å². The predicted molar refractivity (Wildman–Crippen MR) is 134 cm³/mol. The van der Waals surface area contributed by atoms with Crippen molar-refractivity contribution in [2.75, 3.05) is 0 Å². The van der Waals surface area contributed by atoms with Crippen molar-refractivity contribution in [1.82, 2.24) is 5.32 Å². The highest BCUT2D eigenvalue weighted by Crippen LogP contribution is 2.40. The molecule has 0 atom stereocenters. The fraction of sp³-hybridized carbons (Fsp3) is 0.370. The fourth-order valence-electron chi connectivity index (χ4n) is 4.89. The number of amides is 1. The Hall–Kier alpha value is -3.19. The van der Waals surface area contributed by atoms with Gasteiger partial charge in [0.25, 0.3) is 5.91 Å². The van der Waals surface area contributed by atoms with E-state index in [1.807, 2.05) is 12.1 Å². The lowest BCUT2D eigenvalue weighted by Gasteiger charge is -2.23. The lowest BCUT2D eigenvalue weighted by Crippen LogP contribution is -2.36. The Kier molecular flexibility index (Phi) is 6.63. The minimum absolute atomic E-state index is 0.00377. The highest BCUT2D eigenvalue weighted by atomic mass is 32.1. The second kappa shape index (κ2) is 9.97. The molecule has 0 saturated heterocycles. The van der Waals surface area contributed by atoms with Crippen LogP contribution in [0, 0.1) is 0 Å². The number of carbonyl (C=O) groups is 2. The normalized spacial score (nSPS) is 16.5. The maximum absolute atomic E-state index is 13.3. The number of nitrogens with zero attached hydrogens (tertiary/aromatic N) is 1. The molecule has 7 heteroatoms. The number of hydrogen-bond acceptors (Lipinski definition) is 5. The molecule has 1 amide bonds. The van der Waals surface area contributed by atoms with E-state index in [-0.39, 0.29) is 17.5 Å². The van der Waals surface area contributed by atoms with Crippen molar-refractivity contribution in [3.63, 3.8) is 0 Å². The zero-order valence-electron chi connectivity index (χ0n) is 19.0. The van der Waals surface area contributed by atoms with E-state index in [0.717, 1.165) is 49.1 Å². The molecular weight excluding hydrogens is 448 g/mol. The van der Waals surface area contributed by atoms with Crippen molar-refractivity contribution in [3.05, 3.63) is 63.7 Å². The van der Waals surface area contributed by atoms with Crippen molar-refractivity contribution in [2.45, 2.75) is 63.8 Å². The van der Waals surface area contributed by atoms with Gasteiger partial charge in [0, 0.05) is 16.5 Å². The third-order valence-electron chi connectivity index (χ3n) is 6.65. The van der Waals surface area contributed by atoms with Crippen molar-refractivity contribution < 1.29 is 19.1 Å². The van der Waals surface area contributed by atoms with Gasteiger partial charge in [0.05, 0.1) is 17.3 Å². The lowest BCUT2D eigenvalue weighted by atomic mass is 9.93. The van der Waals surface area contributed by atoms with Gasteiger partial charge in [-0.25, -0.2) is 9.79 Å². The lowest BCUT2D eigenvalue weighted by molar-refractivity contribution is 0.0696. The quantitative estimate of drug-likeness (QED) is 0.403. The van der Waals surface area contributed by atoms with Gasteiger partial charge in [0.2, 0.25) is 0 Å². The molecule has 0 unspecified atom stereocenters. The van der Waals surface area contributed by atoms with Crippen LogP contribution in [0.25, 0.3) is 11.3 Å². The molecular formula is C27H28N2O4S. The minimum atomic E-state index is -0.976. The van der Waals surface area contributed by atoms with Crippen molar-refractivity contribution in [2.24, 2.45) is 4.99 Å². The van der Waals surface area contributed by atoms with Crippen molar-refractivity contribution >= 4 is 34.4 Å². The van der Waals surface area contributed by atoms with Crippen LogP contribution in [0.5, 0.6) is 0 Å². The van der Waals surface area contributed by atoms with Crippen LogP contribution in [0.2, 0.25) is 0 Å². The predicted octanol–water partition coefficient (Wildman–Crippen LogP) is 6.40. The molecule has 2 aromatic heterocycles. The molecule has 34 heavy (non-hydrogen) atoms. The van der Waals surface area contributed by atoms with Crippen molar-refractivity contribution in [1.29, 1.82) is 0 Å². The Balaban J connectivity index is 1.39. The molecule has 1 fully saturated rings. The summed E-state index contributed by atoms with van der Waals surface area (Å²) in [6.07, 6.45) is 11.5. The van der Waals surface area contributed by atoms with Crippen LogP contribution in [-0.4, -0.2) is 29.2 Å². The van der Waals surface area contributed by atoms with Crippen LogP contribution in [0.1, 0.15) is 81.9 Å². The fourth-order valence-corrected chi connectivity index (χ4v) is 6.12. The first kappa shape index (κ1) is 22.6. The second-order valence-electron chi connectivity index (χ2n) is 9.05. The summed E-state index contributed by atoms with van der Waals surface area (Å²) >= 11 is 1.61. The van der Waals surface area contributed by atoms with Gasteiger partial charge < -0.3 is 14.8 Å². The van der Waals surface area contributed by atoms with E-state index in [2.05, 4.69) is 5.32 Å². The molecule has 0 aliphatic heterocycles. The molecule has 2 aliphatic carbocycles. The molecule has 3 aromatic rings. The number of benzene rings is 1. The van der Waals surface area contributed by atoms with E-state index in [1.54, 1.807) is 41.8 Å². The monoisotopic (exact) mass is 476 g/mol. The molecule has 2 N–H and O–H groups in total. The number of carboxylic acids is 1. The van der Waals surface area contributed by atoms with Gasteiger partial charge in [-0.05, 0) is 68.4 Å². The average Bonchev–Trinajstić information content (AvgIpc) is 3.48. The van der Waals surface area contributed by atoms with Crippen LogP contribution < -0.4 is 5.32 Å². The highest BCUT2D eigenvalue weighted by molar-refractivity contribution is 7.16. The standard InChI is InChI=1S/C27H28N2O4S/c30-25(29-19-9-2-1-3-10-19)24-21-11-4-5-12-23(21)34-26(24)28-16-20-13-14-22(33-20)17-7-6-8-18(15-17)27(31)32/h6-8,13-16,19H,1-5,9-12H2,(H,29,30)(H,31,32)/b28-16+. The van der Waals surface area contributed by atoms with Crippen molar-refractivity contribution in [3.8, 4) is 11.3 Å². The molecule has 6 nitrogen and oxygen atoms in total. The number of carboxylic acid groups (broad SMARTS) is 1. The van der Waals surface area contributed by atoms with Crippen LogP contribution in [-0.2, 0) is 12.8 Å². The van der Waals surface area contributed by atoms with E-state index in [1.165, 1.54) is 29.7 Å². The SMILES string of the molecule is O=C(O)c1cccc(-c2ccc(/C=N/c3sc4c(c3C(=O)NC3CCCCC3)CCCC4)o2)c1. The highest BCUT2D eigenvalue weighted by Gasteiger charge is 2.27. The summed E-state index contributed by atoms with van der Waals surface area (Å²) < 4.78 is 5.91. The number of rotatable bonds is 6. The molecule has 2 heterocycles. The minimum Gasteiger partial charge on any atom is -0.478 e. The molecule has 1 aromatic carbocycles. The van der Waals surface area contributed by atoms with Crippen LogP contribution >= 0.6 is 11.3 Å². The smallest absolute Gasteiger partial charge is 0.335 e. The third kappa shape index (κ3) is 4.85. The Morgan fingerprint density at radius 1 is 1.06 bits per heavy atom. The molecule has 0 spiro atoms. The zero-order valence-corrected chi connectivity index (χ0v) is 19.8. The average molecular weight is 477 g/mol. The second-order valence-corrected chi connectivity index (χ2v) is 10.1. The number of thiophene rings is 1. The number of aliphatic imine (C=N–C) groups is 1. The largest absolute Gasteiger partial charge is 0.478 e. The number of hydrogen-bond donors (Lipinski definition) is 2. The van der Waals surface area contributed by atoms with E-state index in [4.69, 9.17) is 9.41 Å². The Morgan fingerprint density at radius 2 is 1.88 bits per heavy atom. The number of carbonyl (C=O) groups excluding carboxylic acids is 1. The number of furan rings is 1. The first-order valence-corrected chi connectivity index (χ1v) is 12.8. The number of aryl methyl sites for hydroxylation is 1. The van der Waals surface area contributed by atoms with E-state index < -0.39 is 5.97 Å². The molecule has 176 valence electrons. The van der Waals surface area contributed by atoms with E-state index in [0.29, 0.717) is 17.1 Å². The van der Waals surface area contributed by atoms with Crippen LogP contribution in [0.3, 0.4) is 0 Å². The Bertz CT molecular complexity index is 1230. The van der Waals surface area contributed by atoms with Gasteiger partial charge in [0.1, 0.15) is 16.5 Å². The number of nitrogens with one attached hydrogen (secondary N) is 1. The number of aromatic carboxylic acids is 1. The Labute approximate surface area is 202 Å². The van der Waals surface area contributed by atoms with Gasteiger partial charge >= 0.3 is 5.97 Å². The van der Waals surface area contributed by atoms with E-state index in [9.17, 15) is 14.7 Å². The molecule has 0 bridgehead atoms. The first-order chi connectivity index (χ1) is 16.6.